The predicted octanol–water partition coefficient (Wildman–Crippen LogP) is 4.88. The molecule has 5 rings (SSSR count). The van der Waals surface area contributed by atoms with Crippen molar-refractivity contribution in [1.29, 1.82) is 0 Å². The van der Waals surface area contributed by atoms with E-state index in [1.807, 2.05) is 61.7 Å². The maximum Gasteiger partial charge on any atom is 0.277 e. The monoisotopic (exact) mass is 478 g/mol. The van der Waals surface area contributed by atoms with Gasteiger partial charge in [0.1, 0.15) is 22.7 Å². The van der Waals surface area contributed by atoms with Crippen LogP contribution in [-0.2, 0) is 11.3 Å². The molecule has 2 aliphatic rings. The maximum absolute atomic E-state index is 13.9. The molecule has 0 spiro atoms. The van der Waals surface area contributed by atoms with Crippen molar-refractivity contribution < 1.29 is 14.3 Å². The van der Waals surface area contributed by atoms with Crippen LogP contribution < -0.4 is 15.0 Å². The summed E-state index contributed by atoms with van der Waals surface area (Å²) in [6.45, 7) is 4.62. The number of amides is 2. The van der Waals surface area contributed by atoms with Gasteiger partial charge in [0.2, 0.25) is 5.91 Å². The lowest BCUT2D eigenvalue weighted by Gasteiger charge is -2.44. The summed E-state index contributed by atoms with van der Waals surface area (Å²) in [7, 11) is 0. The summed E-state index contributed by atoms with van der Waals surface area (Å²) in [5, 5.41) is 9.95. The standard InChI is InChI=1S/C26H30N4O3S/c1-3-33-20-13-11-19(12-14-20)30-24(31)22-16-21(23-10-7-15-34-23)28-29(22)17-26(30,2)25(32)27-18-8-5-4-6-9-18/h7,10-16,18H,3-6,8-9,17H2,1-2H3,(H,27,32)/t26-/m0/s1. The van der Waals surface area contributed by atoms with Crippen LogP contribution in [0.25, 0.3) is 10.6 Å². The summed E-state index contributed by atoms with van der Waals surface area (Å²) in [4.78, 5) is 30.3. The van der Waals surface area contributed by atoms with Crippen LogP contribution in [0.5, 0.6) is 5.75 Å². The molecule has 178 valence electrons. The first-order valence-electron chi connectivity index (χ1n) is 12.0. The molecule has 0 radical (unpaired) electrons. The molecule has 34 heavy (non-hydrogen) atoms. The van der Waals surface area contributed by atoms with Gasteiger partial charge < -0.3 is 10.1 Å². The number of rotatable bonds is 6. The third-order valence-corrected chi connectivity index (χ3v) is 7.65. The van der Waals surface area contributed by atoms with E-state index in [1.165, 1.54) is 6.42 Å². The second-order valence-corrected chi connectivity index (χ2v) is 10.1. The van der Waals surface area contributed by atoms with E-state index < -0.39 is 5.54 Å². The van der Waals surface area contributed by atoms with E-state index in [0.29, 0.717) is 18.0 Å². The minimum absolute atomic E-state index is 0.138. The normalized spacial score (nSPS) is 20.8. The Morgan fingerprint density at radius 2 is 1.97 bits per heavy atom. The molecule has 3 heterocycles. The van der Waals surface area contributed by atoms with Gasteiger partial charge in [0.25, 0.3) is 5.91 Å². The van der Waals surface area contributed by atoms with Crippen LogP contribution in [0.2, 0.25) is 0 Å². The molecule has 7 nitrogen and oxygen atoms in total. The molecule has 1 saturated carbocycles. The van der Waals surface area contributed by atoms with Crippen molar-refractivity contribution in [2.75, 3.05) is 11.5 Å². The largest absolute Gasteiger partial charge is 0.494 e. The zero-order valence-electron chi connectivity index (χ0n) is 19.6. The number of carbonyl (C=O) groups is 2. The first kappa shape index (κ1) is 22.7. The Morgan fingerprint density at radius 3 is 2.65 bits per heavy atom. The van der Waals surface area contributed by atoms with Crippen molar-refractivity contribution in [3.63, 3.8) is 0 Å². The minimum Gasteiger partial charge on any atom is -0.494 e. The van der Waals surface area contributed by atoms with Gasteiger partial charge in [-0.1, -0.05) is 25.3 Å². The number of benzene rings is 1. The lowest BCUT2D eigenvalue weighted by atomic mass is 9.91. The van der Waals surface area contributed by atoms with Crippen molar-refractivity contribution in [1.82, 2.24) is 15.1 Å². The van der Waals surface area contributed by atoms with Gasteiger partial charge in [0.15, 0.2) is 0 Å². The van der Waals surface area contributed by atoms with Crippen LogP contribution >= 0.6 is 11.3 Å². The first-order valence-corrected chi connectivity index (χ1v) is 12.9. The van der Waals surface area contributed by atoms with E-state index in [0.717, 1.165) is 42.0 Å². The predicted molar refractivity (Wildman–Crippen MR) is 133 cm³/mol. The van der Waals surface area contributed by atoms with Crippen molar-refractivity contribution >= 4 is 28.8 Å². The van der Waals surface area contributed by atoms with Crippen molar-refractivity contribution in [2.24, 2.45) is 0 Å². The van der Waals surface area contributed by atoms with Gasteiger partial charge in [-0.15, -0.1) is 11.3 Å². The molecular formula is C26H30N4O3S. The summed E-state index contributed by atoms with van der Waals surface area (Å²) in [5.74, 6) is 0.363. The fourth-order valence-electron chi connectivity index (χ4n) is 4.98. The molecule has 0 unspecified atom stereocenters. The molecular weight excluding hydrogens is 448 g/mol. The van der Waals surface area contributed by atoms with Crippen LogP contribution in [-0.4, -0.2) is 39.8 Å². The van der Waals surface area contributed by atoms with Crippen molar-refractivity contribution in [2.45, 2.75) is 64.1 Å². The Morgan fingerprint density at radius 1 is 1.21 bits per heavy atom. The van der Waals surface area contributed by atoms with Crippen LogP contribution in [0.15, 0.2) is 47.8 Å². The second kappa shape index (κ2) is 9.25. The Hall–Kier alpha value is -3.13. The van der Waals surface area contributed by atoms with Crippen molar-refractivity contribution in [3.05, 3.63) is 53.5 Å². The highest BCUT2D eigenvalue weighted by atomic mass is 32.1. The average molecular weight is 479 g/mol. The van der Waals surface area contributed by atoms with Gasteiger partial charge >= 0.3 is 0 Å². The molecule has 2 amide bonds. The van der Waals surface area contributed by atoms with E-state index in [4.69, 9.17) is 9.84 Å². The summed E-state index contributed by atoms with van der Waals surface area (Å²) in [5.41, 5.74) is 0.787. The fourth-order valence-corrected chi connectivity index (χ4v) is 5.66. The fraction of sp³-hybridized carbons (Fsp3) is 0.423. The highest BCUT2D eigenvalue weighted by molar-refractivity contribution is 7.13. The van der Waals surface area contributed by atoms with Crippen LogP contribution in [0.3, 0.4) is 0 Å². The molecule has 1 aliphatic heterocycles. The second-order valence-electron chi connectivity index (χ2n) is 9.20. The number of carbonyl (C=O) groups excluding carboxylic acids is 2. The number of nitrogens with zero attached hydrogens (tertiary/aromatic N) is 3. The van der Waals surface area contributed by atoms with E-state index >= 15 is 0 Å². The zero-order chi connectivity index (χ0) is 23.7. The highest BCUT2D eigenvalue weighted by Gasteiger charge is 2.49. The molecule has 1 N–H and O–H groups in total. The number of hydrogen-bond donors (Lipinski definition) is 1. The first-order chi connectivity index (χ1) is 16.5. The number of aromatic nitrogens is 2. The summed E-state index contributed by atoms with van der Waals surface area (Å²) in [6, 6.07) is 13.3. The molecule has 1 atom stereocenters. The Balaban J connectivity index is 1.53. The Kier molecular flexibility index (Phi) is 6.16. The Bertz CT molecular complexity index is 1170. The van der Waals surface area contributed by atoms with Crippen LogP contribution in [0.4, 0.5) is 5.69 Å². The molecule has 1 aliphatic carbocycles. The number of ether oxygens (including phenoxy) is 1. The van der Waals surface area contributed by atoms with Gasteiger partial charge in [-0.25, -0.2) is 0 Å². The zero-order valence-corrected chi connectivity index (χ0v) is 20.4. The van der Waals surface area contributed by atoms with Gasteiger partial charge in [0, 0.05) is 11.7 Å². The topological polar surface area (TPSA) is 76.5 Å². The molecule has 0 bridgehead atoms. The van der Waals surface area contributed by atoms with E-state index in [1.54, 1.807) is 20.9 Å². The average Bonchev–Trinajstić information content (AvgIpc) is 3.51. The number of anilines is 1. The van der Waals surface area contributed by atoms with Gasteiger partial charge in [-0.3, -0.25) is 19.2 Å². The number of fused-ring (bicyclic) bond motifs is 1. The van der Waals surface area contributed by atoms with E-state index in [9.17, 15) is 9.59 Å². The van der Waals surface area contributed by atoms with Gasteiger partial charge in [-0.2, -0.15) is 5.10 Å². The van der Waals surface area contributed by atoms with E-state index in [2.05, 4.69) is 5.32 Å². The SMILES string of the molecule is CCOc1ccc(N2C(=O)c3cc(-c4cccs4)nn3C[C@@]2(C)C(=O)NC2CCCCC2)cc1. The third-order valence-electron chi connectivity index (χ3n) is 6.76. The summed E-state index contributed by atoms with van der Waals surface area (Å²) >= 11 is 1.58. The molecule has 2 aromatic heterocycles. The van der Waals surface area contributed by atoms with Crippen LogP contribution in [0.1, 0.15) is 56.4 Å². The molecule has 8 heteroatoms. The maximum atomic E-state index is 13.9. The quantitative estimate of drug-likeness (QED) is 0.548. The molecule has 1 fully saturated rings. The van der Waals surface area contributed by atoms with Gasteiger partial charge in [0.05, 0.1) is 18.0 Å². The number of nitrogens with one attached hydrogen (secondary N) is 1. The third kappa shape index (κ3) is 4.11. The smallest absolute Gasteiger partial charge is 0.277 e. The van der Waals surface area contributed by atoms with Gasteiger partial charge in [-0.05, 0) is 68.5 Å². The molecule has 0 saturated heterocycles. The minimum atomic E-state index is -1.12. The highest BCUT2D eigenvalue weighted by Crippen LogP contribution is 2.36. The lowest BCUT2D eigenvalue weighted by molar-refractivity contribution is -0.127. The summed E-state index contributed by atoms with van der Waals surface area (Å²) in [6.07, 6.45) is 5.42. The summed E-state index contributed by atoms with van der Waals surface area (Å²) < 4.78 is 7.28. The van der Waals surface area contributed by atoms with E-state index in [-0.39, 0.29) is 24.4 Å². The van der Waals surface area contributed by atoms with Crippen molar-refractivity contribution in [3.8, 4) is 16.3 Å². The number of thiophene rings is 1. The molecule has 3 aromatic rings. The molecule has 1 aromatic carbocycles. The number of hydrogen-bond acceptors (Lipinski definition) is 5. The van der Waals surface area contributed by atoms with Crippen LogP contribution in [0, 0.1) is 0 Å². The lowest BCUT2D eigenvalue weighted by Crippen LogP contribution is -2.65. The Labute approximate surface area is 203 Å².